The van der Waals surface area contributed by atoms with E-state index in [9.17, 15) is 0 Å². The maximum Gasteiger partial charge on any atom is 0.137 e. The van der Waals surface area contributed by atoms with Crippen molar-refractivity contribution in [1.82, 2.24) is 10.6 Å². The van der Waals surface area contributed by atoms with E-state index in [0.717, 1.165) is 54.6 Å². The molecule has 8 atom stereocenters. The quantitative estimate of drug-likeness (QED) is 0.282. The van der Waals surface area contributed by atoms with Gasteiger partial charge in [0.05, 0.1) is 18.2 Å². The highest BCUT2D eigenvalue weighted by atomic mass is 35.5. The zero-order valence-corrected chi connectivity index (χ0v) is 29.7. The second kappa shape index (κ2) is 15.3. The molecule has 3 aliphatic rings. The highest BCUT2D eigenvalue weighted by Gasteiger charge is 2.45. The molecule has 2 aromatic rings. The minimum atomic E-state index is -0.00564. The molecule has 1 aliphatic heterocycles. The maximum absolute atomic E-state index is 6.52. The highest BCUT2D eigenvalue weighted by Crippen LogP contribution is 2.56. The molecule has 0 radical (unpaired) electrons. The van der Waals surface area contributed by atoms with E-state index in [2.05, 4.69) is 101 Å². The SMILES string of the molecule is C=C1C[C@@H]2C=C(C[C@H](C(C)C3CC3c3ccccc3)C2)C(CC(C)C)CC(=C)C(C)CNC(=C)[C@@H](Cc2ccc(OC)c(Cl)c2)N1. The molecule has 5 unspecified atom stereocenters. The lowest BCUT2D eigenvalue weighted by atomic mass is 9.68. The number of allylic oxidation sites excluding steroid dienone is 3. The fraction of sp³-hybridized carbons (Fsp3) is 0.524. The first-order chi connectivity index (χ1) is 22.0. The first kappa shape index (κ1) is 34.4. The first-order valence-corrected chi connectivity index (χ1v) is 18.0. The van der Waals surface area contributed by atoms with Crippen molar-refractivity contribution in [3.8, 4) is 5.75 Å². The summed E-state index contributed by atoms with van der Waals surface area (Å²) in [6, 6.07) is 17.2. The van der Waals surface area contributed by atoms with Crippen LogP contribution in [-0.4, -0.2) is 19.7 Å². The lowest BCUT2D eigenvalue weighted by molar-refractivity contribution is 0.241. The summed E-state index contributed by atoms with van der Waals surface area (Å²) in [6.45, 7) is 24.2. The summed E-state index contributed by atoms with van der Waals surface area (Å²) < 4.78 is 5.40. The zero-order valence-electron chi connectivity index (χ0n) is 29.0. The molecular formula is C42H57ClN2O. The van der Waals surface area contributed by atoms with E-state index in [4.69, 9.17) is 16.3 Å². The fourth-order valence-corrected chi connectivity index (χ4v) is 8.53. The van der Waals surface area contributed by atoms with E-state index in [1.165, 1.54) is 36.8 Å². The number of benzene rings is 2. The van der Waals surface area contributed by atoms with Gasteiger partial charge in [-0.25, -0.2) is 0 Å². The average Bonchev–Trinajstić information content (AvgIpc) is 3.83. The Balaban J connectivity index is 1.40. The van der Waals surface area contributed by atoms with Crippen molar-refractivity contribution < 1.29 is 4.74 Å². The van der Waals surface area contributed by atoms with Gasteiger partial charge in [0.15, 0.2) is 0 Å². The minimum Gasteiger partial charge on any atom is -0.495 e. The van der Waals surface area contributed by atoms with Crippen LogP contribution in [0.4, 0.5) is 0 Å². The Morgan fingerprint density at radius 1 is 0.978 bits per heavy atom. The Morgan fingerprint density at radius 2 is 1.74 bits per heavy atom. The molecule has 46 heavy (non-hydrogen) atoms. The summed E-state index contributed by atoms with van der Waals surface area (Å²) in [5.41, 5.74) is 7.76. The van der Waals surface area contributed by atoms with Gasteiger partial charge in [0.1, 0.15) is 5.75 Å². The van der Waals surface area contributed by atoms with Crippen molar-refractivity contribution in [3.05, 3.63) is 113 Å². The standard InChI is InChI=1S/C42H57ClN2O/c1-26(2)16-36-17-27(3)28(4)25-44-31(7)41(22-32-14-15-42(46-8)40(43)21-32)45-29(5)18-33-19-35(23-37(36)20-33)30(6)38-24-39(38)34-12-10-9-11-13-34/h9-15,20-21,26,28,30,33,35-36,38-39,41,44-45H,3,5,7,16-19,22-25H2,1-2,4,6,8H3/t28?,30?,33-,35+,36?,38?,39?,41+/m0/s1. The van der Waals surface area contributed by atoms with E-state index < -0.39 is 0 Å². The van der Waals surface area contributed by atoms with Crippen LogP contribution in [0.1, 0.15) is 83.3 Å². The van der Waals surface area contributed by atoms with Crippen molar-refractivity contribution >= 4 is 11.6 Å². The number of ether oxygens (including phenoxy) is 1. The molecule has 0 aromatic heterocycles. The van der Waals surface area contributed by atoms with Gasteiger partial charge in [-0.15, -0.1) is 0 Å². The largest absolute Gasteiger partial charge is 0.495 e. The molecule has 2 bridgehead atoms. The molecule has 3 nitrogen and oxygen atoms in total. The molecule has 0 saturated heterocycles. The topological polar surface area (TPSA) is 33.3 Å². The van der Waals surface area contributed by atoms with E-state index in [0.29, 0.717) is 46.3 Å². The van der Waals surface area contributed by atoms with Crippen LogP contribution in [0.5, 0.6) is 5.75 Å². The summed E-state index contributed by atoms with van der Waals surface area (Å²) in [5.74, 6) is 5.62. The van der Waals surface area contributed by atoms with Crippen molar-refractivity contribution in [2.45, 2.75) is 84.6 Å². The zero-order chi connectivity index (χ0) is 33.0. The second-order valence-electron chi connectivity index (χ2n) is 15.2. The van der Waals surface area contributed by atoms with E-state index in [1.54, 1.807) is 12.7 Å². The van der Waals surface area contributed by atoms with Crippen molar-refractivity contribution in [3.63, 3.8) is 0 Å². The van der Waals surface area contributed by atoms with Crippen LogP contribution in [0.15, 0.2) is 96.9 Å². The number of methoxy groups -OCH3 is 1. The Labute approximate surface area is 284 Å². The first-order valence-electron chi connectivity index (χ1n) is 17.6. The Kier molecular flexibility index (Phi) is 11.5. The molecular weight excluding hydrogens is 584 g/mol. The van der Waals surface area contributed by atoms with E-state index >= 15 is 0 Å². The molecule has 2 N–H and O–H groups in total. The van der Waals surface area contributed by atoms with Gasteiger partial charge in [0.2, 0.25) is 0 Å². The molecule has 0 spiro atoms. The van der Waals surface area contributed by atoms with Crippen LogP contribution in [-0.2, 0) is 6.42 Å². The third kappa shape index (κ3) is 8.71. The normalized spacial score (nSPS) is 29.7. The van der Waals surface area contributed by atoms with E-state index in [1.807, 2.05) is 12.1 Å². The number of fused-ring (bicyclic) bond motifs is 1. The predicted molar refractivity (Wildman–Crippen MR) is 196 cm³/mol. The van der Waals surface area contributed by atoms with Crippen LogP contribution >= 0.6 is 11.6 Å². The number of hydrogen-bond acceptors (Lipinski definition) is 3. The molecule has 5 rings (SSSR count). The van der Waals surface area contributed by atoms with Gasteiger partial charge in [-0.3, -0.25) is 0 Å². The van der Waals surface area contributed by atoms with Crippen molar-refractivity contribution in [2.75, 3.05) is 13.7 Å². The summed E-state index contributed by atoms with van der Waals surface area (Å²) in [5, 5.41) is 8.12. The van der Waals surface area contributed by atoms with Crippen LogP contribution < -0.4 is 15.4 Å². The van der Waals surface area contributed by atoms with Crippen molar-refractivity contribution in [2.24, 2.45) is 41.4 Å². The monoisotopic (exact) mass is 640 g/mol. The Bertz CT molecular complexity index is 1410. The molecule has 1 saturated carbocycles. The number of nitrogens with one attached hydrogen (secondary N) is 2. The van der Waals surface area contributed by atoms with Crippen molar-refractivity contribution in [1.29, 1.82) is 0 Å². The lowest BCUT2D eigenvalue weighted by Gasteiger charge is -2.38. The van der Waals surface area contributed by atoms with Gasteiger partial charge >= 0.3 is 0 Å². The molecule has 1 fully saturated rings. The predicted octanol–water partition coefficient (Wildman–Crippen LogP) is 10.5. The summed E-state index contributed by atoms with van der Waals surface area (Å²) in [4.78, 5) is 0. The summed E-state index contributed by atoms with van der Waals surface area (Å²) >= 11 is 6.52. The second-order valence-corrected chi connectivity index (χ2v) is 15.6. The fourth-order valence-electron chi connectivity index (χ4n) is 8.25. The van der Waals surface area contributed by atoms with Crippen LogP contribution in [0.3, 0.4) is 0 Å². The maximum atomic E-state index is 6.52. The number of rotatable bonds is 8. The van der Waals surface area contributed by atoms with Crippen LogP contribution in [0.25, 0.3) is 0 Å². The Morgan fingerprint density at radius 3 is 2.43 bits per heavy atom. The summed E-state index contributed by atoms with van der Waals surface area (Å²) in [6.07, 6.45) is 10.4. The third-order valence-electron chi connectivity index (χ3n) is 11.1. The molecule has 2 aliphatic carbocycles. The molecule has 248 valence electrons. The number of hydrogen-bond donors (Lipinski definition) is 2. The van der Waals surface area contributed by atoms with Gasteiger partial charge in [-0.05, 0) is 116 Å². The average molecular weight is 641 g/mol. The smallest absolute Gasteiger partial charge is 0.137 e. The van der Waals surface area contributed by atoms with Gasteiger partial charge < -0.3 is 15.4 Å². The van der Waals surface area contributed by atoms with Gasteiger partial charge in [0, 0.05) is 17.9 Å². The third-order valence-corrected chi connectivity index (χ3v) is 11.4. The van der Waals surface area contributed by atoms with Gasteiger partial charge in [-0.1, -0.05) is 113 Å². The lowest BCUT2D eigenvalue weighted by Crippen LogP contribution is -2.39. The molecule has 2 aromatic carbocycles. The van der Waals surface area contributed by atoms with Gasteiger partial charge in [0.25, 0.3) is 0 Å². The summed E-state index contributed by atoms with van der Waals surface area (Å²) in [7, 11) is 1.65. The molecule has 0 amide bonds. The minimum absolute atomic E-state index is 0.00564. The van der Waals surface area contributed by atoms with Crippen LogP contribution in [0.2, 0.25) is 5.02 Å². The van der Waals surface area contributed by atoms with Gasteiger partial charge in [-0.2, -0.15) is 0 Å². The molecule has 4 heteroatoms. The Hall–Kier alpha value is -2.91. The highest BCUT2D eigenvalue weighted by molar-refractivity contribution is 6.32. The van der Waals surface area contributed by atoms with E-state index in [-0.39, 0.29) is 6.04 Å². The van der Waals surface area contributed by atoms with Crippen LogP contribution in [0, 0.1) is 41.4 Å². The molecule has 1 heterocycles. The number of halogens is 1.